The maximum absolute atomic E-state index is 11.9. The van der Waals surface area contributed by atoms with Crippen LogP contribution in [0.25, 0.3) is 0 Å². The molecule has 0 aromatic rings. The van der Waals surface area contributed by atoms with Gasteiger partial charge in [-0.25, -0.2) is 0 Å². The van der Waals surface area contributed by atoms with Crippen molar-refractivity contribution in [2.24, 2.45) is 46.8 Å². The molecule has 0 spiro atoms. The van der Waals surface area contributed by atoms with Crippen LogP contribution in [0, 0.1) is 29.6 Å². The predicted octanol–water partition coefficient (Wildman–Crippen LogP) is 16.6. The van der Waals surface area contributed by atoms with E-state index in [2.05, 4.69) is 20.8 Å². The molecule has 0 rings (SSSR count). The molecule has 6 N–H and O–H groups in total. The zero-order chi connectivity index (χ0) is 37.4. The molecule has 0 heterocycles. The molecule has 0 aromatic carbocycles. The van der Waals surface area contributed by atoms with E-state index in [1.54, 1.807) is 6.92 Å². The third kappa shape index (κ3) is 80.4. The number of carbonyl (C=O) groups excluding carboxylic acids is 4. The number of amides is 3. The zero-order valence-electron chi connectivity index (χ0n) is 31.3. The first-order valence-corrected chi connectivity index (χ1v) is 18.1. The molecule has 0 aromatic heterocycles. The van der Waals surface area contributed by atoms with Gasteiger partial charge in [0, 0.05) is 30.6 Å². The monoisotopic (exact) mass is 876 g/mol. The topological polar surface area (TPSA) is 156 Å². The van der Waals surface area contributed by atoms with Gasteiger partial charge in [-0.2, -0.15) is 13.2 Å². The summed E-state index contributed by atoms with van der Waals surface area (Å²) in [5.74, 6) is -1.75. The number of unbranched alkanes of at least 4 members (excludes halogenated alkanes) is 7. The number of esters is 1. The molecule has 0 saturated carbocycles. The number of carbonyl (C=O) groups is 4. The lowest BCUT2D eigenvalue weighted by molar-refractivity contribution is -0.146. The number of rotatable bonds is 23. The highest BCUT2D eigenvalue weighted by Crippen LogP contribution is 2.28. The molecule has 0 radical (unpaired) electrons. The van der Waals surface area contributed by atoms with Gasteiger partial charge >= 0.3 is 12.1 Å². The first kappa shape index (κ1) is 106. The Morgan fingerprint density at radius 3 is 1.12 bits per heavy atom. The Labute approximate surface area is 373 Å². The van der Waals surface area contributed by atoms with Gasteiger partial charge in [0.15, 0.2) is 0 Å². The van der Waals surface area contributed by atoms with Crippen LogP contribution in [0.4, 0.5) is 13.2 Å². The molecule has 4 unspecified atom stereocenters. The molecule has 3 amide bonds. The highest BCUT2D eigenvalue weighted by Gasteiger charge is 2.31. The van der Waals surface area contributed by atoms with E-state index >= 15 is 0 Å². The van der Waals surface area contributed by atoms with Crippen LogP contribution in [-0.2, 0) is 23.9 Å². The van der Waals surface area contributed by atoms with Crippen LogP contribution in [-0.4, -0.2) is 36.5 Å². The highest BCUT2D eigenvalue weighted by molar-refractivity contribution is 5.78. The Kier molecular flexibility index (Phi) is 126. The van der Waals surface area contributed by atoms with Crippen molar-refractivity contribution in [3.63, 3.8) is 0 Å². The van der Waals surface area contributed by atoms with Crippen molar-refractivity contribution in [2.45, 2.75) is 260 Å². The normalized spacial score (nSPS) is 10.6. The highest BCUT2D eigenvalue weighted by atomic mass is 19.4. The fourth-order valence-electron chi connectivity index (χ4n) is 4.83. The second-order valence-corrected chi connectivity index (χ2v) is 12.5. The van der Waals surface area contributed by atoms with Gasteiger partial charge in [0.25, 0.3) is 0 Å². The number of hydrogen-bond acceptors (Lipinski definition) is 5. The lowest BCUT2D eigenvalue weighted by Crippen LogP contribution is -2.25. The Morgan fingerprint density at radius 2 is 0.847 bits per heavy atom. The van der Waals surface area contributed by atoms with Gasteiger partial charge in [-0.1, -0.05) is 196 Å². The van der Waals surface area contributed by atoms with Crippen LogP contribution in [0.5, 0.6) is 0 Å². The van der Waals surface area contributed by atoms with E-state index in [0.29, 0.717) is 38.2 Å². The van der Waals surface area contributed by atoms with Crippen molar-refractivity contribution in [1.29, 1.82) is 0 Å². The molecule has 0 aliphatic heterocycles. The lowest BCUT2D eigenvalue weighted by atomic mass is 9.91. The van der Waals surface area contributed by atoms with Crippen LogP contribution in [0.15, 0.2) is 0 Å². The van der Waals surface area contributed by atoms with Crippen LogP contribution in [0.2, 0.25) is 0 Å². The summed E-state index contributed by atoms with van der Waals surface area (Å²) in [4.78, 5) is 44.0. The molecule has 0 saturated heterocycles. The smallest absolute Gasteiger partial charge is 0.389 e. The first-order valence-electron chi connectivity index (χ1n) is 18.1. The average Bonchev–Trinajstić information content (AvgIpc) is 2.98. The van der Waals surface area contributed by atoms with Crippen LogP contribution in [0.3, 0.4) is 0 Å². The summed E-state index contributed by atoms with van der Waals surface area (Å²) in [6.45, 7) is 18.1. The summed E-state index contributed by atoms with van der Waals surface area (Å²) in [6.07, 6.45) is 8.81. The van der Waals surface area contributed by atoms with Gasteiger partial charge < -0.3 is 21.9 Å². The van der Waals surface area contributed by atoms with E-state index in [-0.39, 0.29) is 125 Å². The van der Waals surface area contributed by atoms with Gasteiger partial charge in [0.2, 0.25) is 17.7 Å². The van der Waals surface area contributed by atoms with Crippen molar-refractivity contribution < 1.29 is 37.1 Å². The van der Waals surface area contributed by atoms with Crippen molar-refractivity contribution in [2.75, 3.05) is 6.61 Å². The summed E-state index contributed by atoms with van der Waals surface area (Å²) in [5, 5.41) is 0. The number of nitrogens with two attached hydrogens (primary N) is 3. The summed E-state index contributed by atoms with van der Waals surface area (Å²) >= 11 is 0. The summed E-state index contributed by atoms with van der Waals surface area (Å²) in [5.41, 5.74) is 15.4. The van der Waals surface area contributed by atoms with Gasteiger partial charge in [-0.05, 0) is 56.8 Å². The summed E-state index contributed by atoms with van der Waals surface area (Å²) in [6, 6.07) is 0. The zero-order valence-corrected chi connectivity index (χ0v) is 31.3. The number of alkyl halides is 3. The second-order valence-electron chi connectivity index (χ2n) is 12.5. The molecule has 0 fully saturated rings. The number of hydrogen-bond donors (Lipinski definition) is 3. The van der Waals surface area contributed by atoms with E-state index in [9.17, 15) is 32.3 Å². The van der Waals surface area contributed by atoms with Gasteiger partial charge in [0.1, 0.15) is 0 Å². The van der Waals surface area contributed by atoms with Crippen molar-refractivity contribution >= 4 is 23.7 Å². The number of primary amides is 3. The molecule has 8 nitrogen and oxygen atoms in total. The summed E-state index contributed by atoms with van der Waals surface area (Å²) < 4.78 is 41.0. The average molecular weight is 876 g/mol. The minimum absolute atomic E-state index is 0. The maximum Gasteiger partial charge on any atom is 0.389 e. The molecule has 0 bridgehead atoms. The molecule has 59 heavy (non-hydrogen) atoms. The van der Waals surface area contributed by atoms with Crippen LogP contribution < -0.4 is 17.2 Å². The predicted molar refractivity (Wildman–Crippen MR) is 268 cm³/mol. The molecular weight excluding hydrogens is 756 g/mol. The van der Waals surface area contributed by atoms with E-state index in [1.165, 1.54) is 45.4 Å². The van der Waals surface area contributed by atoms with Crippen LogP contribution in [0.1, 0.15) is 254 Å². The molecule has 0 aliphatic rings. The Balaban J connectivity index is -0.0000000312. The fraction of sp³-hybridized carbons (Fsp3) is 0.917. The largest absolute Gasteiger partial charge is 0.466 e. The number of halogens is 3. The molecule has 0 aliphatic carbocycles. The molecule has 11 heteroatoms. The van der Waals surface area contributed by atoms with Crippen LogP contribution >= 0.6 is 0 Å². The third-order valence-electron chi connectivity index (χ3n) is 7.67. The van der Waals surface area contributed by atoms with E-state index in [1.807, 2.05) is 27.7 Å². The summed E-state index contributed by atoms with van der Waals surface area (Å²) in [7, 11) is 0. The second kappa shape index (κ2) is 70.2. The minimum Gasteiger partial charge on any atom is -0.466 e. The van der Waals surface area contributed by atoms with Gasteiger partial charge in [0.05, 0.1) is 6.61 Å². The van der Waals surface area contributed by atoms with Crippen molar-refractivity contribution in [3.8, 4) is 0 Å². The molecule has 4 atom stereocenters. The molecule has 378 valence electrons. The Bertz CT molecular complexity index is 784. The van der Waals surface area contributed by atoms with Gasteiger partial charge in [-0.15, -0.1) is 0 Å². The standard InChI is InChI=1S/C17H33NO3.C9H16F3NO.C8H17NO.C2H6.12CH4/c1-3-5-6-7-8-9-10-11-14-21-16(19)13-12-15(4-2)17(18)20;1-3-7(8(13)14)4-6(2)5-9(10,11)12;1-4-7(8(9)10)5-6(2)3;1-2;;;;;;;;;;;;/h15H,3-14H2,1-2H3,(H2,18,20);6-7H,3-5H2,1-2H3,(H2,13,14);6-7H,4-5H2,1-3H3,(H2,9,10);1-2H3;12*1H4. The number of ether oxygens (including phenoxy) is 1. The quantitative estimate of drug-likeness (QED) is 0.0688. The van der Waals surface area contributed by atoms with Crippen molar-refractivity contribution in [3.05, 3.63) is 0 Å². The Hall–Kier alpha value is -2.33. The van der Waals surface area contributed by atoms with E-state index in [0.717, 1.165) is 25.7 Å². The third-order valence-corrected chi connectivity index (χ3v) is 7.67. The molecular formula is C48H120F3N3O5. The SMILES string of the molecule is C.C.C.C.C.C.C.C.C.C.C.C.CC.CCC(CC(C)C)C(N)=O.CCC(CC(C)CC(F)(F)F)C(N)=O.CCCCCCCCCCOC(=O)CCC(CC)C(N)=O. The fourth-order valence-corrected chi connectivity index (χ4v) is 4.83. The van der Waals surface area contributed by atoms with E-state index < -0.39 is 30.3 Å². The first-order chi connectivity index (χ1) is 21.9. The maximum atomic E-state index is 11.9. The minimum atomic E-state index is -4.16. The Morgan fingerprint density at radius 1 is 0.525 bits per heavy atom. The van der Waals surface area contributed by atoms with E-state index in [4.69, 9.17) is 21.9 Å². The lowest BCUT2D eigenvalue weighted by Gasteiger charge is -2.18. The van der Waals surface area contributed by atoms with Gasteiger partial charge in [-0.3, -0.25) is 19.2 Å². The van der Waals surface area contributed by atoms with Crippen molar-refractivity contribution in [1.82, 2.24) is 0 Å².